The predicted molar refractivity (Wildman–Crippen MR) is 102 cm³/mol. The quantitative estimate of drug-likeness (QED) is 0.748. The average molecular weight is 387 g/mol. The molecule has 2 aromatic rings. The number of anilines is 2. The maximum atomic E-state index is 15.4. The van der Waals surface area contributed by atoms with Crippen LogP contribution in [0, 0.1) is 0 Å². The van der Waals surface area contributed by atoms with E-state index in [1.807, 2.05) is 0 Å². The van der Waals surface area contributed by atoms with Crippen molar-refractivity contribution in [2.24, 2.45) is 0 Å². The van der Waals surface area contributed by atoms with Gasteiger partial charge in [-0.3, -0.25) is 0 Å². The van der Waals surface area contributed by atoms with Gasteiger partial charge in [0.15, 0.2) is 17.2 Å². The standard InChI is InChI=1S/C21H19F2NO4/c1-28-18-9-8-16(12-17(18)25)24(13-21(23)10-3-2-7-19(21)22)15-6-4-5-14(11-15)20(26)27/h2-9,11-12,25H,10,13H2,1H3,(H,26,27). The van der Waals surface area contributed by atoms with Gasteiger partial charge in [-0.25, -0.2) is 13.6 Å². The Morgan fingerprint density at radius 2 is 2.00 bits per heavy atom. The van der Waals surface area contributed by atoms with E-state index in [1.165, 1.54) is 54.5 Å². The highest BCUT2D eigenvalue weighted by molar-refractivity contribution is 5.89. The minimum Gasteiger partial charge on any atom is -0.504 e. The van der Waals surface area contributed by atoms with Crippen molar-refractivity contribution in [3.63, 3.8) is 0 Å². The van der Waals surface area contributed by atoms with Crippen LogP contribution in [0.2, 0.25) is 0 Å². The van der Waals surface area contributed by atoms with Crippen LogP contribution < -0.4 is 9.64 Å². The molecular weight excluding hydrogens is 368 g/mol. The van der Waals surface area contributed by atoms with Gasteiger partial charge < -0.3 is 19.8 Å². The first kappa shape index (κ1) is 19.4. The fourth-order valence-corrected chi connectivity index (χ4v) is 3.03. The van der Waals surface area contributed by atoms with Gasteiger partial charge >= 0.3 is 5.97 Å². The van der Waals surface area contributed by atoms with Crippen LogP contribution in [-0.2, 0) is 0 Å². The molecule has 0 saturated heterocycles. The predicted octanol–water partition coefficient (Wildman–Crippen LogP) is 4.76. The second-order valence-corrected chi connectivity index (χ2v) is 6.41. The van der Waals surface area contributed by atoms with Crippen molar-refractivity contribution in [2.45, 2.75) is 12.1 Å². The summed E-state index contributed by atoms with van der Waals surface area (Å²) in [6, 6.07) is 10.3. The summed E-state index contributed by atoms with van der Waals surface area (Å²) in [6.45, 7) is -0.408. The van der Waals surface area contributed by atoms with Gasteiger partial charge in [-0.05, 0) is 36.4 Å². The number of allylic oxidation sites excluding steroid dienone is 3. The third-order valence-electron chi connectivity index (χ3n) is 4.54. The van der Waals surface area contributed by atoms with Crippen LogP contribution in [0.1, 0.15) is 16.8 Å². The number of nitrogens with zero attached hydrogens (tertiary/aromatic N) is 1. The SMILES string of the molecule is COc1ccc(N(CC2(F)CC=CC=C2F)c2cccc(C(=O)O)c2)cc1O. The number of phenolic OH excluding ortho intramolecular Hbond substituents is 1. The van der Waals surface area contributed by atoms with Gasteiger partial charge in [0.1, 0.15) is 5.83 Å². The minimum atomic E-state index is -2.29. The molecule has 1 atom stereocenters. The second kappa shape index (κ2) is 7.72. The van der Waals surface area contributed by atoms with E-state index in [4.69, 9.17) is 4.74 Å². The zero-order valence-electron chi connectivity index (χ0n) is 15.1. The van der Waals surface area contributed by atoms with Crippen molar-refractivity contribution in [3.8, 4) is 11.5 Å². The number of alkyl halides is 1. The van der Waals surface area contributed by atoms with Gasteiger partial charge in [-0.2, -0.15) is 0 Å². The first-order valence-electron chi connectivity index (χ1n) is 8.54. The van der Waals surface area contributed by atoms with Crippen molar-refractivity contribution in [2.75, 3.05) is 18.6 Å². The molecule has 0 heterocycles. The number of carbonyl (C=O) groups is 1. The van der Waals surface area contributed by atoms with Crippen LogP contribution in [-0.4, -0.2) is 35.5 Å². The van der Waals surface area contributed by atoms with Crippen molar-refractivity contribution >= 4 is 17.3 Å². The highest BCUT2D eigenvalue weighted by atomic mass is 19.2. The first-order chi connectivity index (χ1) is 13.3. The Bertz CT molecular complexity index is 957. The number of carboxylic acids is 1. The molecule has 1 aliphatic carbocycles. The number of aromatic hydroxyl groups is 1. The van der Waals surface area contributed by atoms with Crippen LogP contribution in [0.3, 0.4) is 0 Å². The molecule has 0 radical (unpaired) electrons. The second-order valence-electron chi connectivity index (χ2n) is 6.41. The molecule has 1 unspecified atom stereocenters. The van der Waals surface area contributed by atoms with E-state index >= 15 is 4.39 Å². The van der Waals surface area contributed by atoms with E-state index in [0.29, 0.717) is 11.4 Å². The fourth-order valence-electron chi connectivity index (χ4n) is 3.03. The largest absolute Gasteiger partial charge is 0.504 e. The molecular formula is C21H19F2NO4. The summed E-state index contributed by atoms with van der Waals surface area (Å²) in [5.74, 6) is -2.00. The number of methoxy groups -OCH3 is 1. The summed E-state index contributed by atoms with van der Waals surface area (Å²) in [4.78, 5) is 12.8. The summed E-state index contributed by atoms with van der Waals surface area (Å²) in [5.41, 5.74) is -1.57. The smallest absolute Gasteiger partial charge is 0.335 e. The van der Waals surface area contributed by atoms with Crippen molar-refractivity contribution in [3.05, 3.63) is 72.1 Å². The molecule has 2 aromatic carbocycles. The lowest BCUT2D eigenvalue weighted by Gasteiger charge is -2.33. The van der Waals surface area contributed by atoms with Gasteiger partial charge in [0.25, 0.3) is 0 Å². The number of aromatic carboxylic acids is 1. The number of rotatable bonds is 6. The van der Waals surface area contributed by atoms with E-state index in [9.17, 15) is 19.4 Å². The summed E-state index contributed by atoms with van der Waals surface area (Å²) in [6.07, 6.45) is 3.88. The van der Waals surface area contributed by atoms with E-state index in [1.54, 1.807) is 12.1 Å². The van der Waals surface area contributed by atoms with Crippen LogP contribution in [0.25, 0.3) is 0 Å². The Labute approximate surface area is 160 Å². The molecule has 0 bridgehead atoms. The summed E-state index contributed by atoms with van der Waals surface area (Å²) < 4.78 is 34.7. The molecule has 0 aliphatic heterocycles. The number of halogens is 2. The average Bonchev–Trinajstić information content (AvgIpc) is 2.68. The lowest BCUT2D eigenvalue weighted by Crippen LogP contribution is -2.39. The maximum Gasteiger partial charge on any atom is 0.335 e. The van der Waals surface area contributed by atoms with Crippen LogP contribution in [0.5, 0.6) is 11.5 Å². The van der Waals surface area contributed by atoms with Crippen molar-refractivity contribution in [1.82, 2.24) is 0 Å². The van der Waals surface area contributed by atoms with E-state index in [2.05, 4.69) is 0 Å². The fraction of sp³-hybridized carbons (Fsp3) is 0.190. The molecule has 146 valence electrons. The topological polar surface area (TPSA) is 70.0 Å². The summed E-state index contributed by atoms with van der Waals surface area (Å²) in [5, 5.41) is 19.4. The number of hydrogen-bond donors (Lipinski definition) is 2. The molecule has 0 aromatic heterocycles. The molecule has 28 heavy (non-hydrogen) atoms. The van der Waals surface area contributed by atoms with E-state index < -0.39 is 24.0 Å². The third-order valence-corrected chi connectivity index (χ3v) is 4.54. The summed E-state index contributed by atoms with van der Waals surface area (Å²) in [7, 11) is 1.40. The van der Waals surface area contributed by atoms with Crippen LogP contribution >= 0.6 is 0 Å². The Kier molecular flexibility index (Phi) is 5.35. The molecule has 2 N–H and O–H groups in total. The molecule has 3 rings (SSSR count). The highest BCUT2D eigenvalue weighted by Crippen LogP contribution is 2.39. The number of carboxylic acid groups (broad SMARTS) is 1. The lowest BCUT2D eigenvalue weighted by atomic mass is 9.94. The van der Waals surface area contributed by atoms with Crippen molar-refractivity contribution in [1.29, 1.82) is 0 Å². The Hall–Kier alpha value is -3.35. The molecule has 7 heteroatoms. The zero-order chi connectivity index (χ0) is 20.3. The lowest BCUT2D eigenvalue weighted by molar-refractivity contribution is 0.0697. The number of phenols is 1. The highest BCUT2D eigenvalue weighted by Gasteiger charge is 2.38. The first-order valence-corrected chi connectivity index (χ1v) is 8.54. The van der Waals surface area contributed by atoms with Crippen molar-refractivity contribution < 1.29 is 28.5 Å². The Morgan fingerprint density at radius 1 is 1.25 bits per heavy atom. The number of benzene rings is 2. The molecule has 0 amide bonds. The zero-order valence-corrected chi connectivity index (χ0v) is 15.1. The Balaban J connectivity index is 2.07. The van der Waals surface area contributed by atoms with Gasteiger partial charge in [-0.15, -0.1) is 0 Å². The summed E-state index contributed by atoms with van der Waals surface area (Å²) >= 11 is 0. The molecule has 0 fully saturated rings. The van der Waals surface area contributed by atoms with E-state index in [-0.39, 0.29) is 23.5 Å². The van der Waals surface area contributed by atoms with Gasteiger partial charge in [0.2, 0.25) is 0 Å². The molecule has 0 saturated carbocycles. The van der Waals surface area contributed by atoms with Gasteiger partial charge in [0, 0.05) is 23.9 Å². The molecule has 1 aliphatic rings. The maximum absolute atomic E-state index is 15.4. The Morgan fingerprint density at radius 3 is 2.64 bits per heavy atom. The normalized spacial score (nSPS) is 18.5. The number of hydrogen-bond acceptors (Lipinski definition) is 4. The van der Waals surface area contributed by atoms with Crippen LogP contribution in [0.15, 0.2) is 66.5 Å². The van der Waals surface area contributed by atoms with Gasteiger partial charge in [-0.1, -0.05) is 18.2 Å². The van der Waals surface area contributed by atoms with Crippen LogP contribution in [0.4, 0.5) is 20.2 Å². The minimum absolute atomic E-state index is 0.00713. The molecule has 5 nitrogen and oxygen atoms in total. The van der Waals surface area contributed by atoms with Gasteiger partial charge in [0.05, 0.1) is 19.2 Å². The third kappa shape index (κ3) is 3.83. The molecule has 0 spiro atoms. The number of ether oxygens (including phenoxy) is 1. The monoisotopic (exact) mass is 387 g/mol. The van der Waals surface area contributed by atoms with E-state index in [0.717, 1.165) is 6.08 Å².